The maximum atomic E-state index is 12.9. The van der Waals surface area contributed by atoms with Crippen molar-refractivity contribution >= 4 is 29.2 Å². The topological polar surface area (TPSA) is 97.3 Å². The molecule has 2 aliphatic heterocycles. The number of carbonyl (C=O) groups excluding carboxylic acids is 3. The van der Waals surface area contributed by atoms with E-state index in [4.69, 9.17) is 9.47 Å². The van der Waals surface area contributed by atoms with Crippen LogP contribution in [0, 0.1) is 5.92 Å². The Morgan fingerprint density at radius 2 is 2.17 bits per heavy atom. The number of esters is 1. The van der Waals surface area contributed by atoms with Crippen LogP contribution < -0.4 is 15.1 Å². The van der Waals surface area contributed by atoms with Crippen molar-refractivity contribution in [1.82, 2.24) is 5.43 Å². The molecule has 2 amide bonds. The number of benzene rings is 1. The lowest BCUT2D eigenvalue weighted by Crippen LogP contribution is -2.48. The van der Waals surface area contributed by atoms with Crippen LogP contribution in [0.2, 0.25) is 0 Å². The van der Waals surface area contributed by atoms with Crippen LogP contribution in [0.5, 0.6) is 5.75 Å². The third kappa shape index (κ3) is 2.14. The zero-order valence-corrected chi connectivity index (χ0v) is 13.5. The van der Waals surface area contributed by atoms with E-state index >= 15 is 0 Å². The molecule has 0 bridgehead atoms. The lowest BCUT2D eigenvalue weighted by Gasteiger charge is -2.20. The van der Waals surface area contributed by atoms with Gasteiger partial charge in [0.05, 0.1) is 19.4 Å². The first-order valence-corrected chi connectivity index (χ1v) is 7.48. The highest BCUT2D eigenvalue weighted by Gasteiger charge is 2.63. The first-order chi connectivity index (χ1) is 11.4. The van der Waals surface area contributed by atoms with Crippen molar-refractivity contribution in [3.05, 3.63) is 24.3 Å². The molecule has 2 unspecified atom stereocenters. The second-order valence-corrected chi connectivity index (χ2v) is 5.64. The average Bonchev–Trinajstić information content (AvgIpc) is 3.02. The van der Waals surface area contributed by atoms with E-state index in [1.165, 1.54) is 7.11 Å². The van der Waals surface area contributed by atoms with E-state index in [0.29, 0.717) is 11.4 Å². The van der Waals surface area contributed by atoms with Crippen molar-refractivity contribution in [2.24, 2.45) is 11.0 Å². The van der Waals surface area contributed by atoms with Crippen molar-refractivity contribution in [2.75, 3.05) is 18.6 Å². The van der Waals surface area contributed by atoms with Gasteiger partial charge in [0.15, 0.2) is 5.71 Å². The number of hydrazone groups is 1. The Balaban J connectivity index is 1.99. The van der Waals surface area contributed by atoms with Crippen molar-refractivity contribution in [1.29, 1.82) is 0 Å². The van der Waals surface area contributed by atoms with E-state index in [1.54, 1.807) is 38.1 Å². The first-order valence-electron chi connectivity index (χ1n) is 7.48. The fraction of sp³-hybridized carbons (Fsp3) is 0.375. The van der Waals surface area contributed by atoms with Crippen LogP contribution in [0.4, 0.5) is 5.69 Å². The Morgan fingerprint density at radius 3 is 2.83 bits per heavy atom. The summed E-state index contributed by atoms with van der Waals surface area (Å²) in [5.74, 6) is -2.20. The molecule has 0 aliphatic carbocycles. The number of methoxy groups -OCH3 is 1. The molecule has 1 N–H and O–H groups in total. The quantitative estimate of drug-likeness (QED) is 0.636. The summed E-state index contributed by atoms with van der Waals surface area (Å²) in [5, 5.41) is 3.87. The number of rotatable bonds is 4. The molecule has 0 aromatic heterocycles. The monoisotopic (exact) mass is 331 g/mol. The molecule has 126 valence electrons. The van der Waals surface area contributed by atoms with Gasteiger partial charge in [0.25, 0.3) is 5.91 Å². The summed E-state index contributed by atoms with van der Waals surface area (Å²) in [7, 11) is 1.50. The van der Waals surface area contributed by atoms with E-state index in [1.807, 2.05) is 0 Å². The SMILES string of the molecule is CCOC(=O)C1=NNC2(C)C(=O)N(c3cccc(OC)c3)C(=O)C12. The summed E-state index contributed by atoms with van der Waals surface area (Å²) in [6.07, 6.45) is 0. The summed E-state index contributed by atoms with van der Waals surface area (Å²) < 4.78 is 10.1. The van der Waals surface area contributed by atoms with Gasteiger partial charge in [-0.2, -0.15) is 5.10 Å². The normalized spacial score (nSPS) is 25.2. The maximum Gasteiger partial charge on any atom is 0.355 e. The number of nitrogens with zero attached hydrogens (tertiary/aromatic N) is 2. The number of hydrogen-bond acceptors (Lipinski definition) is 7. The predicted molar refractivity (Wildman–Crippen MR) is 84.6 cm³/mol. The van der Waals surface area contributed by atoms with Crippen LogP contribution in [0.15, 0.2) is 29.4 Å². The lowest BCUT2D eigenvalue weighted by atomic mass is 9.86. The molecule has 3 rings (SSSR count). The lowest BCUT2D eigenvalue weighted by molar-refractivity contribution is -0.136. The van der Waals surface area contributed by atoms with Crippen molar-refractivity contribution in [2.45, 2.75) is 19.4 Å². The Bertz CT molecular complexity index is 760. The number of carbonyl (C=O) groups is 3. The molecule has 0 radical (unpaired) electrons. The first kappa shape index (κ1) is 16.0. The molecular weight excluding hydrogens is 314 g/mol. The van der Waals surface area contributed by atoms with E-state index in [-0.39, 0.29) is 12.3 Å². The number of fused-ring (bicyclic) bond motifs is 1. The molecule has 2 aliphatic rings. The van der Waals surface area contributed by atoms with Gasteiger partial charge in [-0.15, -0.1) is 0 Å². The number of imide groups is 1. The van der Waals surface area contributed by atoms with E-state index in [2.05, 4.69) is 10.5 Å². The summed E-state index contributed by atoms with van der Waals surface area (Å²) >= 11 is 0. The fourth-order valence-electron chi connectivity index (χ4n) is 2.94. The fourth-order valence-corrected chi connectivity index (χ4v) is 2.94. The van der Waals surface area contributed by atoms with Crippen molar-refractivity contribution in [3.63, 3.8) is 0 Å². The highest BCUT2D eigenvalue weighted by molar-refractivity contribution is 6.47. The third-order valence-corrected chi connectivity index (χ3v) is 4.17. The standard InChI is InChI=1S/C16H17N3O5/c1-4-24-14(21)12-11-13(20)19(15(22)16(11,2)18-17-12)9-6-5-7-10(8-9)23-3/h5-8,11,18H,4H2,1-3H3. The molecule has 0 saturated carbocycles. The number of amides is 2. The van der Waals surface area contributed by atoms with Gasteiger partial charge in [-0.3, -0.25) is 15.0 Å². The van der Waals surface area contributed by atoms with Gasteiger partial charge in [0, 0.05) is 6.07 Å². The van der Waals surface area contributed by atoms with Gasteiger partial charge in [0.2, 0.25) is 5.91 Å². The Kier molecular flexibility index (Phi) is 3.75. The van der Waals surface area contributed by atoms with E-state index in [0.717, 1.165) is 4.90 Å². The maximum absolute atomic E-state index is 12.9. The van der Waals surface area contributed by atoms with Crippen LogP contribution in [0.3, 0.4) is 0 Å². The van der Waals surface area contributed by atoms with Crippen LogP contribution in [0.25, 0.3) is 0 Å². The molecular formula is C16H17N3O5. The highest BCUT2D eigenvalue weighted by Crippen LogP contribution is 2.38. The largest absolute Gasteiger partial charge is 0.497 e. The minimum Gasteiger partial charge on any atom is -0.497 e. The van der Waals surface area contributed by atoms with Crippen molar-refractivity contribution in [3.8, 4) is 5.75 Å². The number of ether oxygens (including phenoxy) is 2. The molecule has 1 saturated heterocycles. The predicted octanol–water partition coefficient (Wildman–Crippen LogP) is 0.466. The van der Waals surface area contributed by atoms with Gasteiger partial charge in [-0.05, 0) is 26.0 Å². The highest BCUT2D eigenvalue weighted by atomic mass is 16.5. The number of nitrogens with one attached hydrogen (secondary N) is 1. The molecule has 2 atom stereocenters. The smallest absolute Gasteiger partial charge is 0.355 e. The minimum absolute atomic E-state index is 0.0805. The summed E-state index contributed by atoms with van der Waals surface area (Å²) in [6, 6.07) is 6.60. The summed E-state index contributed by atoms with van der Waals surface area (Å²) in [4.78, 5) is 38.8. The second kappa shape index (κ2) is 5.63. The number of hydrogen-bond donors (Lipinski definition) is 1. The Morgan fingerprint density at radius 1 is 1.42 bits per heavy atom. The Hall–Kier alpha value is -2.90. The van der Waals surface area contributed by atoms with Crippen LogP contribution in [0.1, 0.15) is 13.8 Å². The van der Waals surface area contributed by atoms with Gasteiger partial charge in [0.1, 0.15) is 17.2 Å². The van der Waals surface area contributed by atoms with Gasteiger partial charge in [-0.1, -0.05) is 6.07 Å². The van der Waals surface area contributed by atoms with Crippen LogP contribution >= 0.6 is 0 Å². The molecule has 1 fully saturated rings. The van der Waals surface area contributed by atoms with E-state index < -0.39 is 29.2 Å². The van der Waals surface area contributed by atoms with Gasteiger partial charge in [-0.25, -0.2) is 9.69 Å². The zero-order valence-electron chi connectivity index (χ0n) is 13.5. The molecule has 0 spiro atoms. The van der Waals surface area contributed by atoms with Gasteiger partial charge >= 0.3 is 5.97 Å². The van der Waals surface area contributed by atoms with Gasteiger partial charge < -0.3 is 9.47 Å². The molecule has 2 heterocycles. The number of anilines is 1. The second-order valence-electron chi connectivity index (χ2n) is 5.64. The zero-order chi connectivity index (χ0) is 17.5. The Labute approximate surface area is 138 Å². The van der Waals surface area contributed by atoms with Crippen LogP contribution in [-0.2, 0) is 19.1 Å². The van der Waals surface area contributed by atoms with Crippen LogP contribution in [-0.4, -0.2) is 42.8 Å². The summed E-state index contributed by atoms with van der Waals surface area (Å²) in [6.45, 7) is 3.36. The van der Waals surface area contributed by atoms with Crippen molar-refractivity contribution < 1.29 is 23.9 Å². The minimum atomic E-state index is -1.30. The molecule has 1 aromatic carbocycles. The third-order valence-electron chi connectivity index (χ3n) is 4.17. The molecule has 1 aromatic rings. The summed E-state index contributed by atoms with van der Waals surface area (Å²) in [5.41, 5.74) is 1.63. The molecule has 24 heavy (non-hydrogen) atoms. The molecule has 8 heteroatoms. The average molecular weight is 331 g/mol. The molecule has 8 nitrogen and oxygen atoms in total. The van der Waals surface area contributed by atoms with E-state index in [9.17, 15) is 14.4 Å².